The van der Waals surface area contributed by atoms with Gasteiger partial charge in [-0.3, -0.25) is 0 Å². The molecule has 1 aromatic rings. The van der Waals surface area contributed by atoms with Gasteiger partial charge in [-0.1, -0.05) is 38.0 Å². The van der Waals surface area contributed by atoms with Crippen LogP contribution in [-0.2, 0) is 20.7 Å². The highest BCUT2D eigenvalue weighted by Crippen LogP contribution is 2.47. The fourth-order valence-corrected chi connectivity index (χ4v) is 4.76. The third kappa shape index (κ3) is 5.71. The molecule has 1 aromatic carbocycles. The van der Waals surface area contributed by atoms with Crippen molar-refractivity contribution in [3.05, 3.63) is 29.8 Å². The average Bonchev–Trinajstić information content (AvgIpc) is 3.30. The smallest absolute Gasteiger partial charge is 0.341 e. The van der Waals surface area contributed by atoms with Gasteiger partial charge in [0.1, 0.15) is 5.75 Å². The normalized spacial score (nSPS) is 25.9. The van der Waals surface area contributed by atoms with Gasteiger partial charge < -0.3 is 19.3 Å². The molecule has 0 radical (unpaired) electrons. The van der Waals surface area contributed by atoms with E-state index in [-0.39, 0.29) is 6.61 Å². The van der Waals surface area contributed by atoms with E-state index in [0.29, 0.717) is 29.8 Å². The highest BCUT2D eigenvalue weighted by atomic mass is 16.5. The van der Waals surface area contributed by atoms with E-state index in [4.69, 9.17) is 19.3 Å². The van der Waals surface area contributed by atoms with Crippen LogP contribution in [0, 0.1) is 11.8 Å². The van der Waals surface area contributed by atoms with Crippen LogP contribution in [0.3, 0.4) is 0 Å². The number of ether oxygens (including phenoxy) is 3. The molecule has 5 nitrogen and oxygen atoms in total. The summed E-state index contributed by atoms with van der Waals surface area (Å²) >= 11 is 0. The molecule has 5 heteroatoms. The van der Waals surface area contributed by atoms with Crippen molar-refractivity contribution in [3.63, 3.8) is 0 Å². The minimum atomic E-state index is -0.949. The second-order valence-corrected chi connectivity index (χ2v) is 8.06. The number of aryl methyl sites for hydroxylation is 1. The number of carboxylic acids is 1. The van der Waals surface area contributed by atoms with Gasteiger partial charge in [0.05, 0.1) is 12.2 Å². The monoisotopic (exact) mass is 390 g/mol. The number of para-hydroxylation sites is 1. The Morgan fingerprint density at radius 2 is 1.86 bits per heavy atom. The topological polar surface area (TPSA) is 65.0 Å². The van der Waals surface area contributed by atoms with Crippen molar-refractivity contribution >= 4 is 5.97 Å². The first-order valence-electron chi connectivity index (χ1n) is 10.8. The zero-order valence-electron chi connectivity index (χ0n) is 17.0. The van der Waals surface area contributed by atoms with Gasteiger partial charge in [0.25, 0.3) is 0 Å². The van der Waals surface area contributed by atoms with Crippen LogP contribution in [0.5, 0.6) is 5.75 Å². The highest BCUT2D eigenvalue weighted by Gasteiger charge is 2.47. The van der Waals surface area contributed by atoms with Gasteiger partial charge >= 0.3 is 5.97 Å². The minimum absolute atomic E-state index is 0.299. The Labute approximate surface area is 168 Å². The lowest BCUT2D eigenvalue weighted by Gasteiger charge is -2.28. The first-order valence-corrected chi connectivity index (χ1v) is 10.8. The molecule has 2 aliphatic rings. The largest absolute Gasteiger partial charge is 0.482 e. The molecule has 2 saturated heterocycles. The minimum Gasteiger partial charge on any atom is -0.482 e. The first-order chi connectivity index (χ1) is 13.7. The molecule has 0 amide bonds. The van der Waals surface area contributed by atoms with Crippen LogP contribution in [0.4, 0.5) is 0 Å². The van der Waals surface area contributed by atoms with Crippen LogP contribution in [0.25, 0.3) is 0 Å². The van der Waals surface area contributed by atoms with E-state index in [0.717, 1.165) is 44.5 Å². The third-order valence-electron chi connectivity index (χ3n) is 6.15. The van der Waals surface area contributed by atoms with E-state index in [2.05, 4.69) is 6.92 Å². The quantitative estimate of drug-likeness (QED) is 0.503. The summed E-state index contributed by atoms with van der Waals surface area (Å²) in [4.78, 5) is 10.8. The zero-order chi connectivity index (χ0) is 19.8. The van der Waals surface area contributed by atoms with Crippen LogP contribution in [0.15, 0.2) is 24.3 Å². The number of hydrogen-bond donors (Lipinski definition) is 1. The fourth-order valence-electron chi connectivity index (χ4n) is 4.76. The Morgan fingerprint density at radius 1 is 1.11 bits per heavy atom. The molecule has 4 atom stereocenters. The van der Waals surface area contributed by atoms with Gasteiger partial charge in [0, 0.05) is 13.2 Å². The van der Waals surface area contributed by atoms with Crippen LogP contribution in [-0.4, -0.2) is 43.1 Å². The number of carboxylic acid groups (broad SMARTS) is 1. The molecule has 2 heterocycles. The van der Waals surface area contributed by atoms with Gasteiger partial charge in [0.2, 0.25) is 0 Å². The standard InChI is InChI=1S/C23H34O5/c1-2-3-6-14-26-15-13-19-18(21-11-12-22(19)28-21)10-9-17-7-4-5-8-20(17)27-16-23(24)25/h4-5,7-8,18-19,21-22H,2-3,6,9-16H2,1H3,(H,24,25)/t18-,19+,21-,22+/m1/s1. The number of unbranched alkanes of at least 4 members (excludes halogenated alkanes) is 2. The Hall–Kier alpha value is -1.59. The predicted octanol–water partition coefficient (Wildman–Crippen LogP) is 4.47. The zero-order valence-corrected chi connectivity index (χ0v) is 17.0. The molecule has 2 fully saturated rings. The van der Waals surface area contributed by atoms with Crippen LogP contribution >= 0.6 is 0 Å². The summed E-state index contributed by atoms with van der Waals surface area (Å²) in [7, 11) is 0. The van der Waals surface area contributed by atoms with Crippen LogP contribution < -0.4 is 4.74 Å². The fraction of sp³-hybridized carbons (Fsp3) is 0.696. The maximum Gasteiger partial charge on any atom is 0.341 e. The van der Waals surface area contributed by atoms with Gasteiger partial charge in [0.15, 0.2) is 6.61 Å². The van der Waals surface area contributed by atoms with Gasteiger partial charge in [-0.2, -0.15) is 0 Å². The summed E-state index contributed by atoms with van der Waals surface area (Å²) in [6, 6.07) is 7.77. The van der Waals surface area contributed by atoms with Crippen molar-refractivity contribution < 1.29 is 24.1 Å². The van der Waals surface area contributed by atoms with E-state index in [1.807, 2.05) is 24.3 Å². The lowest BCUT2D eigenvalue weighted by molar-refractivity contribution is -0.139. The van der Waals surface area contributed by atoms with Gasteiger partial charge in [-0.15, -0.1) is 0 Å². The summed E-state index contributed by atoms with van der Waals surface area (Å²) in [5.74, 6) is 0.877. The maximum absolute atomic E-state index is 10.8. The molecule has 0 saturated carbocycles. The first kappa shape index (κ1) is 21.1. The summed E-state index contributed by atoms with van der Waals surface area (Å²) in [6.45, 7) is 3.61. The van der Waals surface area contributed by atoms with Crippen LogP contribution in [0.1, 0.15) is 57.4 Å². The van der Waals surface area contributed by atoms with E-state index in [9.17, 15) is 4.79 Å². The molecule has 0 aromatic heterocycles. The Kier molecular flexibility index (Phi) is 8.16. The van der Waals surface area contributed by atoms with E-state index >= 15 is 0 Å². The van der Waals surface area contributed by atoms with Crippen molar-refractivity contribution in [2.24, 2.45) is 11.8 Å². The van der Waals surface area contributed by atoms with Crippen molar-refractivity contribution in [2.45, 2.75) is 70.5 Å². The molecule has 1 N–H and O–H groups in total. The van der Waals surface area contributed by atoms with Crippen molar-refractivity contribution in [1.82, 2.24) is 0 Å². The number of carbonyl (C=O) groups is 1. The van der Waals surface area contributed by atoms with E-state index < -0.39 is 5.97 Å². The lowest BCUT2D eigenvalue weighted by atomic mass is 9.75. The number of rotatable bonds is 13. The summed E-state index contributed by atoms with van der Waals surface area (Å²) < 4.78 is 17.5. The maximum atomic E-state index is 10.8. The predicted molar refractivity (Wildman–Crippen MR) is 108 cm³/mol. The Bertz CT molecular complexity index is 617. The Morgan fingerprint density at radius 3 is 2.61 bits per heavy atom. The number of hydrogen-bond acceptors (Lipinski definition) is 4. The van der Waals surface area contributed by atoms with E-state index in [1.54, 1.807) is 0 Å². The number of aliphatic carboxylic acids is 1. The molecule has 28 heavy (non-hydrogen) atoms. The van der Waals surface area contributed by atoms with Crippen molar-refractivity contribution in [1.29, 1.82) is 0 Å². The molecule has 0 unspecified atom stereocenters. The second-order valence-electron chi connectivity index (χ2n) is 8.06. The highest BCUT2D eigenvalue weighted by molar-refractivity contribution is 5.68. The molecule has 156 valence electrons. The number of fused-ring (bicyclic) bond motifs is 2. The van der Waals surface area contributed by atoms with Gasteiger partial charge in [-0.25, -0.2) is 4.79 Å². The Balaban J connectivity index is 1.50. The second kappa shape index (κ2) is 10.8. The van der Waals surface area contributed by atoms with Crippen molar-refractivity contribution in [3.8, 4) is 5.75 Å². The number of benzene rings is 1. The lowest BCUT2D eigenvalue weighted by Crippen LogP contribution is -2.28. The summed E-state index contributed by atoms with van der Waals surface area (Å²) in [5, 5.41) is 8.87. The summed E-state index contributed by atoms with van der Waals surface area (Å²) in [5.41, 5.74) is 1.08. The molecular weight excluding hydrogens is 356 g/mol. The van der Waals surface area contributed by atoms with E-state index in [1.165, 1.54) is 25.7 Å². The molecular formula is C23H34O5. The molecule has 3 rings (SSSR count). The molecule has 0 aliphatic carbocycles. The third-order valence-corrected chi connectivity index (χ3v) is 6.15. The molecule has 0 spiro atoms. The average molecular weight is 391 g/mol. The summed E-state index contributed by atoms with van der Waals surface area (Å²) in [6.07, 6.45) is 9.76. The van der Waals surface area contributed by atoms with Crippen LogP contribution in [0.2, 0.25) is 0 Å². The SMILES string of the molecule is CCCCCOCC[C@H]1[C@@H](CCc2ccccc2OCC(=O)O)[C@H]2CC[C@@H]1O2. The van der Waals surface area contributed by atoms with Gasteiger partial charge in [-0.05, 0) is 62.0 Å². The molecule has 2 aliphatic heterocycles. The molecule has 2 bridgehead atoms. The van der Waals surface area contributed by atoms with Crippen molar-refractivity contribution in [2.75, 3.05) is 19.8 Å².